The standard InChI is InChI=1S/C21H24ClFN4O/c22-17-5-1-15(2-6-17)14-26-9-11-27(12-10-26)21(28)19-13-24-25-20(19)16-3-7-18(23)8-4-16/h1-8,19-20,24-25H,9-14H2. The van der Waals surface area contributed by atoms with Crippen LogP contribution in [0.5, 0.6) is 0 Å². The Morgan fingerprint density at radius 1 is 1.04 bits per heavy atom. The van der Waals surface area contributed by atoms with Crippen LogP contribution in [0.2, 0.25) is 5.02 Å². The first-order valence-electron chi connectivity index (χ1n) is 9.59. The van der Waals surface area contributed by atoms with E-state index in [2.05, 4.69) is 15.8 Å². The summed E-state index contributed by atoms with van der Waals surface area (Å²) in [4.78, 5) is 17.4. The topological polar surface area (TPSA) is 47.6 Å². The molecule has 2 unspecified atom stereocenters. The molecule has 0 saturated carbocycles. The van der Waals surface area contributed by atoms with Gasteiger partial charge in [0.2, 0.25) is 5.91 Å². The van der Waals surface area contributed by atoms with Gasteiger partial charge in [-0.1, -0.05) is 35.9 Å². The second-order valence-corrected chi connectivity index (χ2v) is 7.83. The van der Waals surface area contributed by atoms with Gasteiger partial charge in [-0.25, -0.2) is 9.82 Å². The van der Waals surface area contributed by atoms with E-state index >= 15 is 0 Å². The number of nitrogens with one attached hydrogen (secondary N) is 2. The van der Waals surface area contributed by atoms with Crippen molar-refractivity contribution < 1.29 is 9.18 Å². The molecule has 0 bridgehead atoms. The predicted octanol–water partition coefficient (Wildman–Crippen LogP) is 2.59. The first-order chi connectivity index (χ1) is 13.6. The van der Waals surface area contributed by atoms with Gasteiger partial charge in [-0.15, -0.1) is 0 Å². The molecule has 0 aliphatic carbocycles. The Bertz CT molecular complexity index is 806. The van der Waals surface area contributed by atoms with Crippen LogP contribution in [-0.4, -0.2) is 48.4 Å². The lowest BCUT2D eigenvalue weighted by Crippen LogP contribution is -2.50. The minimum absolute atomic E-state index is 0.139. The van der Waals surface area contributed by atoms with Crippen LogP contribution in [0.25, 0.3) is 0 Å². The van der Waals surface area contributed by atoms with Gasteiger partial charge in [0.05, 0.1) is 12.0 Å². The maximum atomic E-state index is 13.2. The molecule has 2 atom stereocenters. The predicted molar refractivity (Wildman–Crippen MR) is 107 cm³/mol. The summed E-state index contributed by atoms with van der Waals surface area (Å²) in [5, 5.41) is 0.744. The van der Waals surface area contributed by atoms with Crippen LogP contribution in [0.15, 0.2) is 48.5 Å². The highest BCUT2D eigenvalue weighted by Gasteiger charge is 2.37. The third kappa shape index (κ3) is 4.36. The van der Waals surface area contributed by atoms with Gasteiger partial charge in [0.25, 0.3) is 0 Å². The summed E-state index contributed by atoms with van der Waals surface area (Å²) in [7, 11) is 0. The summed E-state index contributed by atoms with van der Waals surface area (Å²) in [6.45, 7) is 4.58. The number of halogens is 2. The molecule has 2 N–H and O–H groups in total. The third-order valence-electron chi connectivity index (χ3n) is 5.53. The fraction of sp³-hybridized carbons (Fsp3) is 0.381. The van der Waals surface area contributed by atoms with Crippen LogP contribution >= 0.6 is 11.6 Å². The molecule has 0 spiro atoms. The largest absolute Gasteiger partial charge is 0.340 e. The number of benzene rings is 2. The number of piperazine rings is 1. The maximum absolute atomic E-state index is 13.2. The molecule has 2 fully saturated rings. The molecule has 2 aromatic carbocycles. The van der Waals surface area contributed by atoms with E-state index in [1.807, 2.05) is 29.2 Å². The molecular weight excluding hydrogens is 379 g/mol. The molecule has 4 rings (SSSR count). The Morgan fingerprint density at radius 2 is 1.71 bits per heavy atom. The van der Waals surface area contributed by atoms with Gasteiger partial charge >= 0.3 is 0 Å². The zero-order chi connectivity index (χ0) is 19.5. The van der Waals surface area contributed by atoms with E-state index in [9.17, 15) is 9.18 Å². The van der Waals surface area contributed by atoms with Crippen LogP contribution in [0.4, 0.5) is 4.39 Å². The molecular formula is C21H24ClFN4O. The minimum atomic E-state index is -0.269. The van der Waals surface area contributed by atoms with E-state index in [1.165, 1.54) is 17.7 Å². The lowest BCUT2D eigenvalue weighted by atomic mass is 9.93. The number of hydrazine groups is 1. The van der Waals surface area contributed by atoms with E-state index in [-0.39, 0.29) is 23.7 Å². The van der Waals surface area contributed by atoms with Gasteiger partial charge in [0.1, 0.15) is 5.82 Å². The van der Waals surface area contributed by atoms with Gasteiger partial charge in [0, 0.05) is 44.3 Å². The van der Waals surface area contributed by atoms with Gasteiger partial charge in [-0.05, 0) is 35.4 Å². The Labute approximate surface area is 169 Å². The number of rotatable bonds is 4. The zero-order valence-corrected chi connectivity index (χ0v) is 16.3. The van der Waals surface area contributed by atoms with Crippen LogP contribution < -0.4 is 10.9 Å². The molecule has 2 aromatic rings. The third-order valence-corrected chi connectivity index (χ3v) is 5.78. The molecule has 7 heteroatoms. The molecule has 2 saturated heterocycles. The summed E-state index contributed by atoms with van der Waals surface area (Å²) in [6, 6.07) is 14.1. The quantitative estimate of drug-likeness (QED) is 0.825. The van der Waals surface area contributed by atoms with E-state index in [0.717, 1.165) is 43.3 Å². The average molecular weight is 403 g/mol. The molecule has 28 heavy (non-hydrogen) atoms. The Hall–Kier alpha value is -1.99. The number of hydrogen-bond donors (Lipinski definition) is 2. The fourth-order valence-corrected chi connectivity index (χ4v) is 4.05. The van der Waals surface area contributed by atoms with Crippen LogP contribution in [0.1, 0.15) is 17.2 Å². The average Bonchev–Trinajstić information content (AvgIpc) is 3.20. The SMILES string of the molecule is O=C(C1CNNC1c1ccc(F)cc1)N1CCN(Cc2ccc(Cl)cc2)CC1. The van der Waals surface area contributed by atoms with Crippen molar-refractivity contribution in [2.24, 2.45) is 5.92 Å². The van der Waals surface area contributed by atoms with Crippen molar-refractivity contribution in [3.8, 4) is 0 Å². The van der Waals surface area contributed by atoms with Gasteiger partial charge in [-0.3, -0.25) is 15.1 Å². The van der Waals surface area contributed by atoms with E-state index in [1.54, 1.807) is 12.1 Å². The number of nitrogens with zero attached hydrogens (tertiary/aromatic N) is 2. The summed E-state index contributed by atoms with van der Waals surface area (Å²) in [5.41, 5.74) is 8.41. The van der Waals surface area contributed by atoms with E-state index in [0.29, 0.717) is 6.54 Å². The number of amides is 1. The monoisotopic (exact) mass is 402 g/mol. The van der Waals surface area contributed by atoms with Crippen molar-refractivity contribution in [2.45, 2.75) is 12.6 Å². The highest BCUT2D eigenvalue weighted by atomic mass is 35.5. The molecule has 5 nitrogen and oxygen atoms in total. The highest BCUT2D eigenvalue weighted by molar-refractivity contribution is 6.30. The second kappa shape index (κ2) is 8.57. The number of carbonyl (C=O) groups excluding carboxylic acids is 1. The van der Waals surface area contributed by atoms with Crippen molar-refractivity contribution in [1.29, 1.82) is 0 Å². The summed E-state index contributed by atoms with van der Waals surface area (Å²) in [6.07, 6.45) is 0. The lowest BCUT2D eigenvalue weighted by Gasteiger charge is -2.36. The van der Waals surface area contributed by atoms with Crippen molar-refractivity contribution >= 4 is 17.5 Å². The van der Waals surface area contributed by atoms with Crippen molar-refractivity contribution in [3.63, 3.8) is 0 Å². The molecule has 148 valence electrons. The smallest absolute Gasteiger partial charge is 0.229 e. The lowest BCUT2D eigenvalue weighted by molar-refractivity contribution is -0.137. The molecule has 2 heterocycles. The van der Waals surface area contributed by atoms with Gasteiger partial charge in [-0.2, -0.15) is 0 Å². The first kappa shape index (κ1) is 19.3. The molecule has 2 aliphatic heterocycles. The maximum Gasteiger partial charge on any atom is 0.229 e. The van der Waals surface area contributed by atoms with Crippen molar-refractivity contribution in [2.75, 3.05) is 32.7 Å². The Kier molecular flexibility index (Phi) is 5.92. The first-order valence-corrected chi connectivity index (χ1v) is 9.97. The summed E-state index contributed by atoms with van der Waals surface area (Å²) >= 11 is 5.95. The summed E-state index contributed by atoms with van der Waals surface area (Å²) < 4.78 is 13.2. The van der Waals surface area contributed by atoms with Crippen molar-refractivity contribution in [3.05, 3.63) is 70.5 Å². The zero-order valence-electron chi connectivity index (χ0n) is 15.6. The number of carbonyl (C=O) groups is 1. The Morgan fingerprint density at radius 3 is 2.39 bits per heavy atom. The number of hydrogen-bond acceptors (Lipinski definition) is 4. The highest BCUT2D eigenvalue weighted by Crippen LogP contribution is 2.27. The van der Waals surface area contributed by atoms with Gasteiger partial charge < -0.3 is 4.90 Å². The Balaban J connectivity index is 1.34. The van der Waals surface area contributed by atoms with Crippen LogP contribution in [-0.2, 0) is 11.3 Å². The second-order valence-electron chi connectivity index (χ2n) is 7.39. The van der Waals surface area contributed by atoms with Crippen LogP contribution in [0, 0.1) is 11.7 Å². The minimum Gasteiger partial charge on any atom is -0.340 e. The van der Waals surface area contributed by atoms with Crippen molar-refractivity contribution in [1.82, 2.24) is 20.7 Å². The molecule has 0 aromatic heterocycles. The van der Waals surface area contributed by atoms with E-state index in [4.69, 9.17) is 11.6 Å². The van der Waals surface area contributed by atoms with E-state index < -0.39 is 0 Å². The van der Waals surface area contributed by atoms with Crippen LogP contribution in [0.3, 0.4) is 0 Å². The normalized spacial score (nSPS) is 23.1. The fourth-order valence-electron chi connectivity index (χ4n) is 3.92. The summed E-state index contributed by atoms with van der Waals surface area (Å²) in [5.74, 6) is -0.305. The molecule has 2 aliphatic rings. The molecule has 0 radical (unpaired) electrons. The van der Waals surface area contributed by atoms with Gasteiger partial charge in [0.15, 0.2) is 0 Å². The molecule has 1 amide bonds.